The van der Waals surface area contributed by atoms with Gasteiger partial charge in [-0.15, -0.1) is 0 Å². The van der Waals surface area contributed by atoms with Gasteiger partial charge >= 0.3 is 5.69 Å². The number of nitro groups is 1. The molecule has 26 heavy (non-hydrogen) atoms. The molecule has 0 bridgehead atoms. The minimum atomic E-state index is -0.472. The number of amides is 1. The molecule has 8 nitrogen and oxygen atoms in total. The number of hydrogen-bond donors (Lipinski definition) is 0. The third-order valence-corrected chi connectivity index (χ3v) is 4.13. The summed E-state index contributed by atoms with van der Waals surface area (Å²) in [7, 11) is 1.67. The van der Waals surface area contributed by atoms with Crippen LogP contribution in [0.3, 0.4) is 0 Å². The number of aromatic nitrogens is 2. The Kier molecular flexibility index (Phi) is 5.97. The second-order valence-electron chi connectivity index (χ2n) is 6.42. The van der Waals surface area contributed by atoms with Gasteiger partial charge in [0.05, 0.1) is 11.5 Å². The van der Waals surface area contributed by atoms with Gasteiger partial charge in [0, 0.05) is 7.05 Å². The van der Waals surface area contributed by atoms with Crippen LogP contribution in [-0.2, 0) is 11.3 Å². The molecule has 2 rings (SSSR count). The number of rotatable bonds is 7. The quantitative estimate of drug-likeness (QED) is 0.559. The van der Waals surface area contributed by atoms with Crippen LogP contribution in [0.5, 0.6) is 5.75 Å². The van der Waals surface area contributed by atoms with Crippen molar-refractivity contribution in [1.82, 2.24) is 14.7 Å². The Balaban J connectivity index is 1.92. The van der Waals surface area contributed by atoms with Crippen molar-refractivity contribution in [3.8, 4) is 5.75 Å². The second-order valence-corrected chi connectivity index (χ2v) is 6.42. The first-order chi connectivity index (χ1) is 12.2. The summed E-state index contributed by atoms with van der Waals surface area (Å²) in [5.41, 5.74) is 2.88. The summed E-state index contributed by atoms with van der Waals surface area (Å²) in [5.74, 6) is 0.590. The number of hydrogen-bond acceptors (Lipinski definition) is 5. The summed E-state index contributed by atoms with van der Waals surface area (Å²) < 4.78 is 7.08. The molecule has 1 amide bonds. The molecule has 8 heteroatoms. The average Bonchev–Trinajstić information content (AvgIpc) is 2.80. The summed E-state index contributed by atoms with van der Waals surface area (Å²) in [4.78, 5) is 24.4. The molecule has 0 spiro atoms. The van der Waals surface area contributed by atoms with Crippen LogP contribution in [-0.4, -0.2) is 45.7 Å². The highest BCUT2D eigenvalue weighted by molar-refractivity contribution is 5.75. The maximum Gasteiger partial charge on any atom is 0.312 e. The average molecular weight is 360 g/mol. The zero-order valence-electron chi connectivity index (χ0n) is 15.8. The Labute approximate surface area is 152 Å². The Hall–Kier alpha value is -2.90. The molecule has 140 valence electrons. The molecule has 0 aliphatic carbocycles. The molecular weight excluding hydrogens is 336 g/mol. The van der Waals surface area contributed by atoms with Crippen LogP contribution in [0.25, 0.3) is 0 Å². The van der Waals surface area contributed by atoms with Crippen molar-refractivity contribution in [3.05, 3.63) is 50.8 Å². The van der Waals surface area contributed by atoms with Crippen molar-refractivity contribution in [2.45, 2.75) is 34.2 Å². The molecule has 0 atom stereocenters. The summed E-state index contributed by atoms with van der Waals surface area (Å²) in [6.07, 6.45) is 0. The van der Waals surface area contributed by atoms with Gasteiger partial charge in [-0.25, -0.2) is 0 Å². The Bertz CT molecular complexity index is 809. The van der Waals surface area contributed by atoms with Crippen LogP contribution in [0.4, 0.5) is 5.69 Å². The molecule has 0 radical (unpaired) electrons. The number of aryl methyl sites for hydroxylation is 3. The summed E-state index contributed by atoms with van der Waals surface area (Å²) in [6.45, 7) is 7.89. The van der Waals surface area contributed by atoms with Crippen LogP contribution in [0.2, 0.25) is 0 Å². The zero-order chi connectivity index (χ0) is 19.4. The Morgan fingerprint density at radius 2 is 1.85 bits per heavy atom. The predicted octanol–water partition coefficient (Wildman–Crippen LogP) is 2.56. The van der Waals surface area contributed by atoms with Gasteiger partial charge in [-0.1, -0.05) is 6.07 Å². The fraction of sp³-hybridized carbons (Fsp3) is 0.444. The van der Waals surface area contributed by atoms with E-state index in [0.29, 0.717) is 24.5 Å². The van der Waals surface area contributed by atoms with Gasteiger partial charge in [-0.3, -0.25) is 19.6 Å². The van der Waals surface area contributed by atoms with E-state index in [1.807, 2.05) is 26.0 Å². The van der Waals surface area contributed by atoms with Crippen LogP contribution < -0.4 is 4.74 Å². The number of nitrogens with zero attached hydrogens (tertiary/aromatic N) is 4. The minimum absolute atomic E-state index is 0.0411. The van der Waals surface area contributed by atoms with Crippen molar-refractivity contribution in [1.29, 1.82) is 0 Å². The van der Waals surface area contributed by atoms with Gasteiger partial charge in [0.2, 0.25) is 5.91 Å². The maximum absolute atomic E-state index is 12.3. The molecule has 1 aromatic carbocycles. The van der Waals surface area contributed by atoms with E-state index in [0.717, 1.165) is 16.9 Å². The fourth-order valence-corrected chi connectivity index (χ4v) is 2.80. The first-order valence-electron chi connectivity index (χ1n) is 8.32. The van der Waals surface area contributed by atoms with E-state index in [2.05, 4.69) is 11.2 Å². The monoisotopic (exact) mass is 360 g/mol. The van der Waals surface area contributed by atoms with Crippen molar-refractivity contribution in [2.75, 3.05) is 20.2 Å². The fourth-order valence-electron chi connectivity index (χ4n) is 2.80. The number of likely N-dealkylation sites (N-methyl/N-ethyl adjacent to an activating group) is 1. The van der Waals surface area contributed by atoms with Gasteiger partial charge in [-0.2, -0.15) is 5.10 Å². The van der Waals surface area contributed by atoms with E-state index >= 15 is 0 Å². The van der Waals surface area contributed by atoms with Crippen molar-refractivity contribution >= 4 is 11.6 Å². The van der Waals surface area contributed by atoms with E-state index in [4.69, 9.17) is 4.74 Å². The molecule has 0 aliphatic heterocycles. The third-order valence-electron chi connectivity index (χ3n) is 4.13. The van der Waals surface area contributed by atoms with Crippen molar-refractivity contribution in [3.63, 3.8) is 0 Å². The molecule has 0 N–H and O–H groups in total. The Morgan fingerprint density at radius 1 is 1.23 bits per heavy atom. The van der Waals surface area contributed by atoms with E-state index in [-0.39, 0.29) is 18.1 Å². The molecule has 1 heterocycles. The van der Waals surface area contributed by atoms with Crippen molar-refractivity contribution in [2.24, 2.45) is 0 Å². The second kappa shape index (κ2) is 7.99. The van der Waals surface area contributed by atoms with E-state index in [1.165, 1.54) is 9.58 Å². The van der Waals surface area contributed by atoms with E-state index < -0.39 is 4.92 Å². The summed E-state index contributed by atoms with van der Waals surface area (Å²) in [6, 6.07) is 5.96. The lowest BCUT2D eigenvalue weighted by molar-refractivity contribution is -0.386. The smallest absolute Gasteiger partial charge is 0.312 e. The van der Waals surface area contributed by atoms with E-state index in [1.54, 1.807) is 20.9 Å². The van der Waals surface area contributed by atoms with Gasteiger partial charge in [-0.05, 0) is 51.0 Å². The topological polar surface area (TPSA) is 90.5 Å². The van der Waals surface area contributed by atoms with Gasteiger partial charge in [0.25, 0.3) is 0 Å². The van der Waals surface area contributed by atoms with Crippen molar-refractivity contribution < 1.29 is 14.5 Å². The van der Waals surface area contributed by atoms with Crippen LogP contribution in [0, 0.1) is 37.8 Å². The molecule has 0 saturated carbocycles. The number of ether oxygens (including phenoxy) is 1. The number of carbonyl (C=O) groups excluding carboxylic acids is 1. The third kappa shape index (κ3) is 4.59. The first kappa shape index (κ1) is 19.4. The highest BCUT2D eigenvalue weighted by Crippen LogP contribution is 2.21. The van der Waals surface area contributed by atoms with E-state index in [9.17, 15) is 14.9 Å². The lowest BCUT2D eigenvalue weighted by Gasteiger charge is -2.18. The standard InChI is InChI=1S/C18H24N4O4/c1-12-8-13(2)10-16(9-12)26-7-6-20(5)17(23)11-21-15(4)18(22(24)25)14(3)19-21/h8-10H,6-7,11H2,1-5H3. The lowest BCUT2D eigenvalue weighted by Crippen LogP contribution is -2.34. The van der Waals surface area contributed by atoms with Crippen LogP contribution >= 0.6 is 0 Å². The van der Waals surface area contributed by atoms with Gasteiger partial charge in [0.15, 0.2) is 0 Å². The first-order valence-corrected chi connectivity index (χ1v) is 8.32. The number of benzene rings is 1. The predicted molar refractivity (Wildman–Crippen MR) is 97.4 cm³/mol. The molecule has 0 unspecified atom stereocenters. The van der Waals surface area contributed by atoms with Crippen LogP contribution in [0.15, 0.2) is 18.2 Å². The molecule has 0 saturated heterocycles. The number of carbonyl (C=O) groups is 1. The highest BCUT2D eigenvalue weighted by atomic mass is 16.6. The van der Waals surface area contributed by atoms with Gasteiger partial charge in [0.1, 0.15) is 30.3 Å². The zero-order valence-corrected chi connectivity index (χ0v) is 15.8. The maximum atomic E-state index is 12.3. The van der Waals surface area contributed by atoms with Crippen LogP contribution in [0.1, 0.15) is 22.5 Å². The largest absolute Gasteiger partial charge is 0.492 e. The molecule has 2 aromatic rings. The molecule has 0 fully saturated rings. The normalized spacial score (nSPS) is 10.7. The molecule has 0 aliphatic rings. The van der Waals surface area contributed by atoms with Gasteiger partial charge < -0.3 is 9.64 Å². The Morgan fingerprint density at radius 3 is 2.38 bits per heavy atom. The highest BCUT2D eigenvalue weighted by Gasteiger charge is 2.23. The minimum Gasteiger partial charge on any atom is -0.492 e. The lowest BCUT2D eigenvalue weighted by atomic mass is 10.1. The molecule has 1 aromatic heterocycles. The SMILES string of the molecule is Cc1cc(C)cc(OCCN(C)C(=O)Cn2nc(C)c([N+](=O)[O-])c2C)c1. The summed E-state index contributed by atoms with van der Waals surface area (Å²) >= 11 is 0. The summed E-state index contributed by atoms with van der Waals surface area (Å²) in [5, 5.41) is 15.1. The molecular formula is C18H24N4O4.